The van der Waals surface area contributed by atoms with E-state index in [2.05, 4.69) is 10.1 Å². The van der Waals surface area contributed by atoms with E-state index >= 15 is 0 Å². The molecule has 6 nitrogen and oxygen atoms in total. The van der Waals surface area contributed by atoms with E-state index in [4.69, 9.17) is 16.0 Å². The smallest absolute Gasteiger partial charge is 0.290 e. The summed E-state index contributed by atoms with van der Waals surface area (Å²) in [7, 11) is 0. The predicted octanol–water partition coefficient (Wildman–Crippen LogP) is 0.418. The molecule has 6 heteroatoms. The molecular formula is C9H8N4O2. The van der Waals surface area contributed by atoms with Gasteiger partial charge >= 0.3 is 0 Å². The van der Waals surface area contributed by atoms with E-state index in [1.807, 2.05) is 0 Å². The van der Waals surface area contributed by atoms with Crippen molar-refractivity contribution in [3.8, 4) is 11.5 Å². The molecule has 0 bridgehead atoms. The van der Waals surface area contributed by atoms with E-state index in [0.717, 1.165) is 0 Å². The minimum Gasteiger partial charge on any atom is -0.398 e. The van der Waals surface area contributed by atoms with Gasteiger partial charge in [0.1, 0.15) is 0 Å². The molecule has 1 amide bonds. The second kappa shape index (κ2) is 3.41. The maximum absolute atomic E-state index is 10.7. The van der Waals surface area contributed by atoms with E-state index in [1.165, 1.54) is 0 Å². The van der Waals surface area contributed by atoms with Crippen molar-refractivity contribution in [3.05, 3.63) is 30.1 Å². The first-order chi connectivity index (χ1) is 7.18. The van der Waals surface area contributed by atoms with Crippen LogP contribution in [0, 0.1) is 0 Å². The summed E-state index contributed by atoms with van der Waals surface area (Å²) in [6.07, 6.45) is 0. The van der Waals surface area contributed by atoms with Crippen LogP contribution in [0.3, 0.4) is 0 Å². The second-order valence-electron chi connectivity index (χ2n) is 2.87. The lowest BCUT2D eigenvalue weighted by molar-refractivity contribution is 0.0987. The maximum atomic E-state index is 10.7. The molecule has 1 aromatic carbocycles. The molecule has 0 aliphatic heterocycles. The van der Waals surface area contributed by atoms with Crippen LogP contribution in [0.25, 0.3) is 11.5 Å². The predicted molar refractivity (Wildman–Crippen MR) is 52.7 cm³/mol. The van der Waals surface area contributed by atoms with Crippen LogP contribution in [0.4, 0.5) is 5.69 Å². The lowest BCUT2D eigenvalue weighted by Crippen LogP contribution is -2.12. The molecule has 0 aliphatic rings. The molecule has 0 saturated carbocycles. The van der Waals surface area contributed by atoms with Gasteiger partial charge in [0.15, 0.2) is 0 Å². The van der Waals surface area contributed by atoms with Crippen molar-refractivity contribution in [3.63, 3.8) is 0 Å². The first-order valence-electron chi connectivity index (χ1n) is 4.17. The molecule has 0 radical (unpaired) electrons. The van der Waals surface area contributed by atoms with E-state index in [9.17, 15) is 4.79 Å². The topological polar surface area (TPSA) is 108 Å². The fourth-order valence-corrected chi connectivity index (χ4v) is 1.12. The quantitative estimate of drug-likeness (QED) is 0.689. The number of hydrogen-bond donors (Lipinski definition) is 2. The fourth-order valence-electron chi connectivity index (χ4n) is 1.12. The molecule has 1 heterocycles. The third-order valence-electron chi connectivity index (χ3n) is 1.84. The normalized spacial score (nSPS) is 10.1. The van der Waals surface area contributed by atoms with E-state index in [1.54, 1.807) is 24.3 Å². The number of amides is 1. The molecule has 0 saturated heterocycles. The first kappa shape index (κ1) is 9.20. The lowest BCUT2D eigenvalue weighted by Gasteiger charge is -1.97. The van der Waals surface area contributed by atoms with Crippen molar-refractivity contribution >= 4 is 11.6 Å². The SMILES string of the molecule is NC(=O)c1noc(-c2ccccc2N)n1. The number of hydrogen-bond acceptors (Lipinski definition) is 5. The van der Waals surface area contributed by atoms with Gasteiger partial charge in [-0.25, -0.2) is 0 Å². The highest BCUT2D eigenvalue weighted by molar-refractivity contribution is 5.89. The molecule has 76 valence electrons. The summed E-state index contributed by atoms with van der Waals surface area (Å²) in [6, 6.07) is 6.97. The third-order valence-corrected chi connectivity index (χ3v) is 1.84. The zero-order valence-electron chi connectivity index (χ0n) is 7.68. The number of aromatic nitrogens is 2. The Labute approximate surface area is 84.9 Å². The van der Waals surface area contributed by atoms with Gasteiger partial charge in [-0.05, 0) is 12.1 Å². The molecule has 0 aliphatic carbocycles. The zero-order valence-corrected chi connectivity index (χ0v) is 7.68. The van der Waals surface area contributed by atoms with E-state index < -0.39 is 5.91 Å². The molecule has 1 aromatic heterocycles. The van der Waals surface area contributed by atoms with Crippen molar-refractivity contribution < 1.29 is 9.32 Å². The van der Waals surface area contributed by atoms with Crippen molar-refractivity contribution in [2.75, 3.05) is 5.73 Å². The molecular weight excluding hydrogens is 196 g/mol. The van der Waals surface area contributed by atoms with Crippen LogP contribution >= 0.6 is 0 Å². The first-order valence-corrected chi connectivity index (χ1v) is 4.17. The summed E-state index contributed by atoms with van der Waals surface area (Å²) in [5, 5.41) is 3.42. The highest BCUT2D eigenvalue weighted by Gasteiger charge is 2.13. The van der Waals surface area contributed by atoms with Gasteiger partial charge in [0, 0.05) is 5.69 Å². The van der Waals surface area contributed by atoms with Gasteiger partial charge in [-0.3, -0.25) is 4.79 Å². The second-order valence-corrected chi connectivity index (χ2v) is 2.87. The van der Waals surface area contributed by atoms with E-state index in [-0.39, 0.29) is 11.7 Å². The molecule has 0 fully saturated rings. The Morgan fingerprint density at radius 2 is 2.07 bits per heavy atom. The molecule has 0 spiro atoms. The number of nitrogens with two attached hydrogens (primary N) is 2. The Morgan fingerprint density at radius 3 is 2.67 bits per heavy atom. The van der Waals surface area contributed by atoms with Gasteiger partial charge < -0.3 is 16.0 Å². The Morgan fingerprint density at radius 1 is 1.33 bits per heavy atom. The number of nitrogen functional groups attached to an aromatic ring is 1. The monoisotopic (exact) mass is 204 g/mol. The van der Waals surface area contributed by atoms with Crippen LogP contribution in [0.15, 0.2) is 28.8 Å². The van der Waals surface area contributed by atoms with Gasteiger partial charge in [-0.1, -0.05) is 17.3 Å². The Balaban J connectivity index is 2.46. The van der Waals surface area contributed by atoms with Crippen LogP contribution in [-0.4, -0.2) is 16.0 Å². The van der Waals surface area contributed by atoms with Crippen molar-refractivity contribution in [1.29, 1.82) is 0 Å². The van der Waals surface area contributed by atoms with Crippen LogP contribution < -0.4 is 11.5 Å². The fraction of sp³-hybridized carbons (Fsp3) is 0. The number of primary amides is 1. The minimum absolute atomic E-state index is 0.159. The summed E-state index contributed by atoms with van der Waals surface area (Å²) < 4.78 is 4.85. The molecule has 15 heavy (non-hydrogen) atoms. The Hall–Kier alpha value is -2.37. The number of carbonyl (C=O) groups is 1. The Bertz CT molecular complexity index is 506. The summed E-state index contributed by atoms with van der Waals surface area (Å²) >= 11 is 0. The molecule has 2 aromatic rings. The number of rotatable bonds is 2. The van der Waals surface area contributed by atoms with Gasteiger partial charge in [-0.15, -0.1) is 0 Å². The Kier molecular flexibility index (Phi) is 2.09. The van der Waals surface area contributed by atoms with Crippen LogP contribution in [0.2, 0.25) is 0 Å². The van der Waals surface area contributed by atoms with Gasteiger partial charge in [-0.2, -0.15) is 4.98 Å². The van der Waals surface area contributed by atoms with E-state index in [0.29, 0.717) is 11.3 Å². The van der Waals surface area contributed by atoms with Gasteiger partial charge in [0.25, 0.3) is 17.6 Å². The molecule has 4 N–H and O–H groups in total. The summed E-state index contributed by atoms with van der Waals surface area (Å²) in [4.78, 5) is 14.5. The molecule has 2 rings (SSSR count). The number of benzene rings is 1. The number of anilines is 1. The van der Waals surface area contributed by atoms with Crippen LogP contribution in [0.5, 0.6) is 0 Å². The van der Waals surface area contributed by atoms with Crippen LogP contribution in [0.1, 0.15) is 10.6 Å². The van der Waals surface area contributed by atoms with Crippen molar-refractivity contribution in [1.82, 2.24) is 10.1 Å². The average molecular weight is 204 g/mol. The summed E-state index contributed by atoms with van der Waals surface area (Å²) in [5.74, 6) is -0.713. The molecule has 0 unspecified atom stereocenters. The minimum atomic E-state index is -0.737. The largest absolute Gasteiger partial charge is 0.398 e. The highest BCUT2D eigenvalue weighted by Crippen LogP contribution is 2.23. The van der Waals surface area contributed by atoms with Gasteiger partial charge in [0.2, 0.25) is 0 Å². The summed E-state index contributed by atoms with van der Waals surface area (Å²) in [6.45, 7) is 0. The average Bonchev–Trinajstić information content (AvgIpc) is 2.67. The van der Waals surface area contributed by atoms with Crippen LogP contribution in [-0.2, 0) is 0 Å². The number of nitrogens with zero attached hydrogens (tertiary/aromatic N) is 2. The van der Waals surface area contributed by atoms with Crippen molar-refractivity contribution in [2.45, 2.75) is 0 Å². The molecule has 0 atom stereocenters. The number of para-hydroxylation sites is 1. The standard InChI is InChI=1S/C9H8N4O2/c10-6-4-2-1-3-5(6)9-12-8(7(11)14)13-15-9/h1-4H,10H2,(H2,11,14). The maximum Gasteiger partial charge on any atom is 0.290 e. The zero-order chi connectivity index (χ0) is 10.8. The summed E-state index contributed by atoms with van der Waals surface area (Å²) in [5.41, 5.74) is 11.8. The van der Waals surface area contributed by atoms with Crippen molar-refractivity contribution in [2.24, 2.45) is 5.73 Å². The third kappa shape index (κ3) is 1.64. The number of carbonyl (C=O) groups excluding carboxylic acids is 1. The highest BCUT2D eigenvalue weighted by atomic mass is 16.5. The van der Waals surface area contributed by atoms with Gasteiger partial charge in [0.05, 0.1) is 5.56 Å². The lowest BCUT2D eigenvalue weighted by atomic mass is 10.2.